The van der Waals surface area contributed by atoms with Crippen LogP contribution in [0.25, 0.3) is 22.9 Å². The van der Waals surface area contributed by atoms with Gasteiger partial charge in [0.25, 0.3) is 0 Å². The van der Waals surface area contributed by atoms with Crippen LogP contribution < -0.4 is 0 Å². The molecule has 0 N–H and O–H groups in total. The first-order valence-corrected chi connectivity index (χ1v) is 8.55. The van der Waals surface area contributed by atoms with E-state index in [1.54, 1.807) is 11.1 Å². The van der Waals surface area contributed by atoms with E-state index in [4.69, 9.17) is 0 Å². The first-order chi connectivity index (χ1) is 9.74. The van der Waals surface area contributed by atoms with E-state index in [9.17, 15) is 0 Å². The smallest absolute Gasteiger partial charge is 0.0333 e. The molecule has 0 radical (unpaired) electrons. The predicted octanol–water partition coefficient (Wildman–Crippen LogP) is 5.48. The zero-order valence-corrected chi connectivity index (χ0v) is 13.8. The molecule has 2 aliphatic rings. The number of rotatable bonds is 0. The Morgan fingerprint density at radius 1 is 1.05 bits per heavy atom. The Hall–Kier alpha value is -1.09. The molecule has 20 heavy (non-hydrogen) atoms. The lowest BCUT2D eigenvalue weighted by atomic mass is 9.81. The molecule has 0 amide bonds. The molecule has 0 spiro atoms. The molecule has 0 nitrogen and oxygen atoms in total. The molecule has 0 bridgehead atoms. The van der Waals surface area contributed by atoms with Gasteiger partial charge in [-0.15, -0.1) is 0 Å². The van der Waals surface area contributed by atoms with Crippen LogP contribution in [0.15, 0.2) is 30.4 Å². The normalized spacial score (nSPS) is 20.0. The van der Waals surface area contributed by atoms with Gasteiger partial charge in [-0.3, -0.25) is 0 Å². The van der Waals surface area contributed by atoms with Crippen molar-refractivity contribution in [1.29, 1.82) is 0 Å². The highest BCUT2D eigenvalue weighted by molar-refractivity contribution is 14.1. The maximum Gasteiger partial charge on any atom is 0.0333 e. The van der Waals surface area contributed by atoms with Crippen molar-refractivity contribution in [3.63, 3.8) is 0 Å². The number of fused-ring (bicyclic) bond motifs is 6. The van der Waals surface area contributed by atoms with Crippen molar-refractivity contribution in [2.75, 3.05) is 0 Å². The molecular weight excluding hydrogens is 355 g/mol. The lowest BCUT2D eigenvalue weighted by Crippen LogP contribution is -2.11. The molecular formula is C19H17I. The number of aryl methyl sites for hydroxylation is 2. The number of benzene rings is 2. The first kappa shape index (κ1) is 12.6. The predicted molar refractivity (Wildman–Crippen MR) is 96.6 cm³/mol. The average Bonchev–Trinajstić information content (AvgIpc) is 2.47. The van der Waals surface area contributed by atoms with Gasteiger partial charge in [0.2, 0.25) is 0 Å². The summed E-state index contributed by atoms with van der Waals surface area (Å²) in [5.41, 5.74) is 7.47. The number of halogens is 1. The summed E-state index contributed by atoms with van der Waals surface area (Å²) in [6, 6.07) is 6.94. The molecule has 0 heterocycles. The van der Waals surface area contributed by atoms with E-state index < -0.39 is 0 Å². The third kappa shape index (κ3) is 1.86. The largest absolute Gasteiger partial charge is 0.0836 e. The van der Waals surface area contributed by atoms with Crippen LogP contribution in [0.2, 0.25) is 0 Å². The minimum absolute atomic E-state index is 0.627. The van der Waals surface area contributed by atoms with E-state index in [1.165, 1.54) is 46.7 Å². The summed E-state index contributed by atoms with van der Waals surface area (Å²) in [7, 11) is 0. The second-order valence-corrected chi connectivity index (χ2v) is 7.45. The van der Waals surface area contributed by atoms with E-state index in [1.807, 2.05) is 0 Å². The Kier molecular flexibility index (Phi) is 2.99. The molecule has 2 aromatic rings. The molecule has 1 atom stereocenters. The molecule has 0 aliphatic heterocycles. The second-order valence-electron chi connectivity index (χ2n) is 5.85. The maximum atomic E-state index is 2.55. The number of hydrogen-bond acceptors (Lipinski definition) is 0. The molecule has 0 aromatic heterocycles. The zero-order chi connectivity index (χ0) is 13.7. The Balaban J connectivity index is 2.16. The first-order valence-electron chi connectivity index (χ1n) is 7.31. The highest BCUT2D eigenvalue weighted by Gasteiger charge is 2.21. The molecule has 0 saturated carbocycles. The van der Waals surface area contributed by atoms with Crippen molar-refractivity contribution >= 4 is 45.5 Å². The Bertz CT molecular complexity index is 765. The van der Waals surface area contributed by atoms with E-state index >= 15 is 0 Å². The van der Waals surface area contributed by atoms with E-state index in [-0.39, 0.29) is 0 Å². The molecule has 2 aliphatic carbocycles. The van der Waals surface area contributed by atoms with Gasteiger partial charge in [-0.1, -0.05) is 70.7 Å². The third-order valence-corrected chi connectivity index (χ3v) is 5.34. The van der Waals surface area contributed by atoms with Crippen LogP contribution in [0, 0.1) is 6.92 Å². The average molecular weight is 372 g/mol. The van der Waals surface area contributed by atoms with Gasteiger partial charge >= 0.3 is 0 Å². The maximum absolute atomic E-state index is 2.55. The van der Waals surface area contributed by atoms with Crippen LogP contribution in [0.1, 0.15) is 34.2 Å². The van der Waals surface area contributed by atoms with Crippen LogP contribution in [0.3, 0.4) is 0 Å². The van der Waals surface area contributed by atoms with Gasteiger partial charge in [-0.2, -0.15) is 0 Å². The van der Waals surface area contributed by atoms with E-state index in [0.717, 1.165) is 0 Å². The molecule has 1 unspecified atom stereocenters. The van der Waals surface area contributed by atoms with Crippen molar-refractivity contribution in [2.45, 2.75) is 30.1 Å². The van der Waals surface area contributed by atoms with Gasteiger partial charge in [0.1, 0.15) is 0 Å². The highest BCUT2D eigenvalue weighted by Crippen LogP contribution is 2.39. The molecule has 1 heteroatoms. The van der Waals surface area contributed by atoms with Gasteiger partial charge in [-0.05, 0) is 59.2 Å². The SMILES string of the molecule is Cc1ccc2c3c(c4c(c2c1)CCC=C4)CC(I)C=C3. The lowest BCUT2D eigenvalue weighted by Gasteiger charge is -2.25. The van der Waals surface area contributed by atoms with Crippen molar-refractivity contribution in [3.05, 3.63) is 58.2 Å². The number of hydrogen-bond donors (Lipinski definition) is 0. The summed E-state index contributed by atoms with van der Waals surface area (Å²) in [5.74, 6) is 0. The Morgan fingerprint density at radius 2 is 1.95 bits per heavy atom. The van der Waals surface area contributed by atoms with Crippen molar-refractivity contribution in [3.8, 4) is 0 Å². The van der Waals surface area contributed by atoms with Crippen LogP contribution >= 0.6 is 22.6 Å². The van der Waals surface area contributed by atoms with Crippen LogP contribution in [-0.2, 0) is 12.8 Å². The minimum atomic E-state index is 0.627. The van der Waals surface area contributed by atoms with Crippen LogP contribution in [0.4, 0.5) is 0 Å². The van der Waals surface area contributed by atoms with Gasteiger partial charge in [0.15, 0.2) is 0 Å². The molecule has 100 valence electrons. The highest BCUT2D eigenvalue weighted by atomic mass is 127. The summed E-state index contributed by atoms with van der Waals surface area (Å²) in [5, 5.41) is 2.92. The van der Waals surface area contributed by atoms with Crippen molar-refractivity contribution in [2.24, 2.45) is 0 Å². The zero-order valence-electron chi connectivity index (χ0n) is 11.6. The summed E-state index contributed by atoms with van der Waals surface area (Å²) < 4.78 is 0.627. The summed E-state index contributed by atoms with van der Waals surface area (Å²) in [6.45, 7) is 2.20. The Labute approximate surface area is 133 Å². The minimum Gasteiger partial charge on any atom is -0.0836 e. The summed E-state index contributed by atoms with van der Waals surface area (Å²) >= 11 is 2.55. The lowest BCUT2D eigenvalue weighted by molar-refractivity contribution is 0.967. The fourth-order valence-corrected chi connectivity index (χ4v) is 4.20. The molecule has 2 aromatic carbocycles. The Morgan fingerprint density at radius 3 is 2.85 bits per heavy atom. The topological polar surface area (TPSA) is 0 Å². The number of alkyl halides is 1. The molecule has 4 rings (SSSR count). The summed E-state index contributed by atoms with van der Waals surface area (Å²) in [6.07, 6.45) is 12.9. The van der Waals surface area contributed by atoms with Gasteiger partial charge in [-0.25, -0.2) is 0 Å². The van der Waals surface area contributed by atoms with Crippen molar-refractivity contribution in [1.82, 2.24) is 0 Å². The monoisotopic (exact) mass is 372 g/mol. The standard InChI is InChI=1S/C19H17I/c1-12-6-8-16-17-9-7-13(20)11-19(17)15-5-3-2-4-14(15)18(16)10-12/h3,5-10,13H,2,4,11H2,1H3. The third-order valence-electron chi connectivity index (χ3n) is 4.48. The molecule has 0 fully saturated rings. The van der Waals surface area contributed by atoms with E-state index in [2.05, 4.69) is 72.0 Å². The van der Waals surface area contributed by atoms with Gasteiger partial charge in [0, 0.05) is 3.92 Å². The quantitative estimate of drug-likeness (QED) is 0.424. The molecule has 0 saturated heterocycles. The van der Waals surface area contributed by atoms with Gasteiger partial charge < -0.3 is 0 Å². The second kappa shape index (κ2) is 4.73. The fraction of sp³-hybridized carbons (Fsp3) is 0.263. The van der Waals surface area contributed by atoms with Crippen LogP contribution in [-0.4, -0.2) is 3.92 Å². The number of allylic oxidation sites excluding steroid dienone is 2. The fourth-order valence-electron chi connectivity index (χ4n) is 3.55. The van der Waals surface area contributed by atoms with E-state index in [0.29, 0.717) is 3.92 Å². The van der Waals surface area contributed by atoms with Crippen molar-refractivity contribution < 1.29 is 0 Å². The summed E-state index contributed by atoms with van der Waals surface area (Å²) in [4.78, 5) is 0. The van der Waals surface area contributed by atoms with Crippen LogP contribution in [0.5, 0.6) is 0 Å². The van der Waals surface area contributed by atoms with Gasteiger partial charge in [0.05, 0.1) is 0 Å².